The molecule has 1 aliphatic heterocycles. The summed E-state index contributed by atoms with van der Waals surface area (Å²) in [6.07, 6.45) is 2.69. The SMILES string of the molecule is CN(Cc1ccccc1)S(=O)(=O)c1ccc(NC(=O)[C@@H]2CCCN2C(=O)c2ccco2)cc1. The van der Waals surface area contributed by atoms with E-state index in [1.165, 1.54) is 34.6 Å². The smallest absolute Gasteiger partial charge is 0.290 e. The molecule has 4 rings (SSSR count). The van der Waals surface area contributed by atoms with Crippen LogP contribution in [0.25, 0.3) is 0 Å². The molecular weight excluding hydrogens is 442 g/mol. The Balaban J connectivity index is 1.41. The zero-order chi connectivity index (χ0) is 23.4. The molecule has 0 aliphatic carbocycles. The van der Waals surface area contributed by atoms with Gasteiger partial charge < -0.3 is 14.6 Å². The van der Waals surface area contributed by atoms with Gasteiger partial charge in [-0.15, -0.1) is 0 Å². The highest BCUT2D eigenvalue weighted by atomic mass is 32.2. The Kier molecular flexibility index (Phi) is 6.62. The molecule has 0 bridgehead atoms. The first-order valence-electron chi connectivity index (χ1n) is 10.6. The lowest BCUT2D eigenvalue weighted by Gasteiger charge is -2.23. The predicted octanol–water partition coefficient (Wildman–Crippen LogP) is 3.34. The van der Waals surface area contributed by atoms with E-state index < -0.39 is 16.1 Å². The minimum absolute atomic E-state index is 0.134. The Labute approximate surface area is 192 Å². The molecule has 2 aromatic carbocycles. The van der Waals surface area contributed by atoms with Crippen LogP contribution in [-0.4, -0.2) is 49.1 Å². The van der Waals surface area contributed by atoms with E-state index in [1.54, 1.807) is 24.3 Å². The number of carbonyl (C=O) groups is 2. The lowest BCUT2D eigenvalue weighted by atomic mass is 10.2. The van der Waals surface area contributed by atoms with Gasteiger partial charge in [0.2, 0.25) is 15.9 Å². The summed E-state index contributed by atoms with van der Waals surface area (Å²) >= 11 is 0. The van der Waals surface area contributed by atoms with Crippen LogP contribution >= 0.6 is 0 Å². The van der Waals surface area contributed by atoms with Crippen molar-refractivity contribution in [3.05, 3.63) is 84.3 Å². The predicted molar refractivity (Wildman–Crippen MR) is 123 cm³/mol. The molecule has 9 heteroatoms. The molecule has 1 saturated heterocycles. The van der Waals surface area contributed by atoms with Crippen LogP contribution in [0.4, 0.5) is 5.69 Å². The van der Waals surface area contributed by atoms with Gasteiger partial charge >= 0.3 is 0 Å². The first-order valence-corrected chi connectivity index (χ1v) is 12.1. The number of hydrogen-bond donors (Lipinski definition) is 1. The van der Waals surface area contributed by atoms with Gasteiger partial charge in [0.1, 0.15) is 6.04 Å². The minimum Gasteiger partial charge on any atom is -0.459 e. The maximum atomic E-state index is 12.9. The standard InChI is InChI=1S/C24H25N3O5S/c1-26(17-18-7-3-2-4-8-18)33(30,31)20-13-11-19(12-14-20)25-23(28)21-9-5-15-27(21)24(29)22-10-6-16-32-22/h2-4,6-8,10-14,16,21H,5,9,15,17H2,1H3,(H,25,28)/t21-/m0/s1. The molecule has 33 heavy (non-hydrogen) atoms. The molecule has 8 nitrogen and oxygen atoms in total. The summed E-state index contributed by atoms with van der Waals surface area (Å²) in [5, 5.41) is 2.79. The van der Waals surface area contributed by atoms with Gasteiger partial charge in [0, 0.05) is 25.8 Å². The molecule has 0 radical (unpaired) electrons. The Morgan fingerprint density at radius 1 is 1.06 bits per heavy atom. The van der Waals surface area contributed by atoms with Crippen LogP contribution in [-0.2, 0) is 21.4 Å². The molecule has 1 aliphatic rings. The highest BCUT2D eigenvalue weighted by Gasteiger charge is 2.35. The number of carbonyl (C=O) groups excluding carboxylic acids is 2. The van der Waals surface area contributed by atoms with E-state index >= 15 is 0 Å². The van der Waals surface area contributed by atoms with Crippen molar-refractivity contribution in [2.45, 2.75) is 30.3 Å². The second kappa shape index (κ2) is 9.60. The van der Waals surface area contributed by atoms with E-state index in [1.807, 2.05) is 30.3 Å². The Morgan fingerprint density at radius 2 is 1.79 bits per heavy atom. The zero-order valence-corrected chi connectivity index (χ0v) is 19.0. The summed E-state index contributed by atoms with van der Waals surface area (Å²) in [7, 11) is -2.16. The van der Waals surface area contributed by atoms with Crippen LogP contribution in [0.2, 0.25) is 0 Å². The third-order valence-corrected chi connectivity index (χ3v) is 7.44. The molecule has 0 unspecified atom stereocenters. The summed E-state index contributed by atoms with van der Waals surface area (Å²) in [5.74, 6) is -0.436. The number of nitrogens with one attached hydrogen (secondary N) is 1. The lowest BCUT2D eigenvalue weighted by molar-refractivity contribution is -0.119. The van der Waals surface area contributed by atoms with Gasteiger partial charge in [-0.25, -0.2) is 8.42 Å². The Hall–Kier alpha value is -3.43. The zero-order valence-electron chi connectivity index (χ0n) is 18.2. The fourth-order valence-corrected chi connectivity index (χ4v) is 5.02. The number of furan rings is 1. The average Bonchev–Trinajstić information content (AvgIpc) is 3.52. The minimum atomic E-state index is -3.69. The summed E-state index contributed by atoms with van der Waals surface area (Å²) in [4.78, 5) is 27.1. The summed E-state index contributed by atoms with van der Waals surface area (Å²) in [6.45, 7) is 0.728. The topological polar surface area (TPSA) is 99.9 Å². The molecule has 172 valence electrons. The number of hydrogen-bond acceptors (Lipinski definition) is 5. The lowest BCUT2D eigenvalue weighted by Crippen LogP contribution is -2.43. The molecule has 2 amide bonds. The normalized spacial score (nSPS) is 16.2. The number of sulfonamides is 1. The Morgan fingerprint density at radius 3 is 2.45 bits per heavy atom. The number of rotatable bonds is 7. The molecule has 1 fully saturated rings. The molecular formula is C24H25N3O5S. The van der Waals surface area contributed by atoms with Gasteiger partial charge in [-0.05, 0) is 54.8 Å². The van der Waals surface area contributed by atoms with Crippen LogP contribution < -0.4 is 5.32 Å². The van der Waals surface area contributed by atoms with E-state index in [0.717, 1.165) is 12.0 Å². The first-order chi connectivity index (χ1) is 15.9. The van der Waals surface area contributed by atoms with Crippen molar-refractivity contribution < 1.29 is 22.4 Å². The van der Waals surface area contributed by atoms with Crippen LogP contribution in [0.3, 0.4) is 0 Å². The van der Waals surface area contributed by atoms with Gasteiger partial charge in [-0.2, -0.15) is 4.31 Å². The monoisotopic (exact) mass is 467 g/mol. The maximum Gasteiger partial charge on any atom is 0.290 e. The third kappa shape index (κ3) is 4.99. The van der Waals surface area contributed by atoms with Gasteiger partial charge in [0.05, 0.1) is 11.2 Å². The fourth-order valence-electron chi connectivity index (χ4n) is 3.87. The summed E-state index contributed by atoms with van der Waals surface area (Å²) in [5.41, 5.74) is 1.35. The summed E-state index contributed by atoms with van der Waals surface area (Å²) < 4.78 is 32.2. The van der Waals surface area contributed by atoms with E-state index in [0.29, 0.717) is 18.7 Å². The Bertz CT molecular complexity index is 1210. The highest BCUT2D eigenvalue weighted by Crippen LogP contribution is 2.23. The largest absolute Gasteiger partial charge is 0.459 e. The number of likely N-dealkylation sites (tertiary alicyclic amines) is 1. The molecule has 0 saturated carbocycles. The van der Waals surface area contributed by atoms with Crippen LogP contribution in [0.15, 0.2) is 82.3 Å². The average molecular weight is 468 g/mol. The van der Waals surface area contributed by atoms with Crippen molar-refractivity contribution in [2.24, 2.45) is 0 Å². The van der Waals surface area contributed by atoms with Crippen molar-refractivity contribution >= 4 is 27.5 Å². The van der Waals surface area contributed by atoms with Crippen molar-refractivity contribution in [1.29, 1.82) is 0 Å². The first kappa shape index (κ1) is 22.8. The molecule has 1 N–H and O–H groups in total. The maximum absolute atomic E-state index is 12.9. The van der Waals surface area contributed by atoms with Crippen molar-refractivity contribution in [1.82, 2.24) is 9.21 Å². The van der Waals surface area contributed by atoms with Gasteiger partial charge in [0.15, 0.2) is 5.76 Å². The van der Waals surface area contributed by atoms with Gasteiger partial charge in [-0.3, -0.25) is 9.59 Å². The second-order valence-corrected chi connectivity index (χ2v) is 9.94. The number of benzene rings is 2. The number of anilines is 1. The third-order valence-electron chi connectivity index (χ3n) is 5.63. The second-order valence-electron chi connectivity index (χ2n) is 7.89. The van der Waals surface area contributed by atoms with Crippen LogP contribution in [0.1, 0.15) is 29.0 Å². The number of amides is 2. The van der Waals surface area contributed by atoms with E-state index in [2.05, 4.69) is 5.32 Å². The summed E-state index contributed by atoms with van der Waals surface area (Å²) in [6, 6.07) is 18.0. The van der Waals surface area contributed by atoms with Crippen LogP contribution in [0.5, 0.6) is 0 Å². The highest BCUT2D eigenvalue weighted by molar-refractivity contribution is 7.89. The molecule has 2 heterocycles. The van der Waals surface area contributed by atoms with Crippen molar-refractivity contribution in [3.63, 3.8) is 0 Å². The van der Waals surface area contributed by atoms with E-state index in [4.69, 9.17) is 4.42 Å². The molecule has 1 aromatic heterocycles. The van der Waals surface area contributed by atoms with Gasteiger partial charge in [0.25, 0.3) is 5.91 Å². The molecule has 3 aromatic rings. The fraction of sp³-hybridized carbons (Fsp3) is 0.250. The number of nitrogens with zero attached hydrogens (tertiary/aromatic N) is 2. The quantitative estimate of drug-likeness (QED) is 0.575. The molecule has 0 spiro atoms. The van der Waals surface area contributed by atoms with E-state index in [-0.39, 0.29) is 29.0 Å². The van der Waals surface area contributed by atoms with E-state index in [9.17, 15) is 18.0 Å². The van der Waals surface area contributed by atoms with Crippen LogP contribution in [0, 0.1) is 0 Å². The van der Waals surface area contributed by atoms with Crippen molar-refractivity contribution in [2.75, 3.05) is 18.9 Å². The van der Waals surface area contributed by atoms with Crippen molar-refractivity contribution in [3.8, 4) is 0 Å². The molecule has 1 atom stereocenters. The van der Waals surface area contributed by atoms with Gasteiger partial charge in [-0.1, -0.05) is 30.3 Å².